The number of aryl methyl sites for hydroxylation is 1. The molecule has 0 amide bonds. The summed E-state index contributed by atoms with van der Waals surface area (Å²) in [7, 11) is 0. The number of hydrogen-bond donors (Lipinski definition) is 2. The van der Waals surface area contributed by atoms with Crippen LogP contribution in [-0.2, 0) is 13.1 Å². The van der Waals surface area contributed by atoms with Crippen molar-refractivity contribution >= 4 is 27.3 Å². The van der Waals surface area contributed by atoms with E-state index in [4.69, 9.17) is 0 Å². The largest absolute Gasteiger partial charge is 0.308 e. The van der Waals surface area contributed by atoms with Crippen LogP contribution in [0.4, 0.5) is 0 Å². The highest BCUT2D eigenvalue weighted by atomic mass is 79.9. The Kier molecular flexibility index (Phi) is 4.53. The van der Waals surface area contributed by atoms with E-state index in [-0.39, 0.29) is 0 Å². The zero-order valence-electron chi connectivity index (χ0n) is 11.7. The Morgan fingerprint density at radius 3 is 2.90 bits per heavy atom. The fourth-order valence-corrected chi connectivity index (χ4v) is 3.52. The molecule has 1 aromatic carbocycles. The Bertz CT molecular complexity index is 732. The summed E-state index contributed by atoms with van der Waals surface area (Å²) in [5.74, 6) is 0. The van der Waals surface area contributed by atoms with Crippen molar-refractivity contribution in [3.63, 3.8) is 0 Å². The third kappa shape index (κ3) is 3.61. The van der Waals surface area contributed by atoms with Crippen molar-refractivity contribution in [3.05, 3.63) is 63.2 Å². The SMILES string of the molecule is Cc1[nH]ncc1CNCc1ccc(-c2cccc(Br)c2)s1. The van der Waals surface area contributed by atoms with Gasteiger partial charge in [-0.1, -0.05) is 28.1 Å². The molecule has 2 aromatic heterocycles. The van der Waals surface area contributed by atoms with Crippen molar-refractivity contribution in [2.24, 2.45) is 0 Å². The molecule has 108 valence electrons. The summed E-state index contributed by atoms with van der Waals surface area (Å²) in [6.07, 6.45) is 1.88. The molecule has 3 nitrogen and oxygen atoms in total. The number of rotatable bonds is 5. The summed E-state index contributed by atoms with van der Waals surface area (Å²) in [6, 6.07) is 12.8. The van der Waals surface area contributed by atoms with Crippen LogP contribution in [0.25, 0.3) is 10.4 Å². The van der Waals surface area contributed by atoms with Gasteiger partial charge in [-0.05, 0) is 36.8 Å². The zero-order chi connectivity index (χ0) is 14.7. The Labute approximate surface area is 136 Å². The number of benzene rings is 1. The van der Waals surface area contributed by atoms with Crippen LogP contribution in [-0.4, -0.2) is 10.2 Å². The fraction of sp³-hybridized carbons (Fsp3) is 0.188. The van der Waals surface area contributed by atoms with Crippen molar-refractivity contribution in [2.75, 3.05) is 0 Å². The van der Waals surface area contributed by atoms with E-state index >= 15 is 0 Å². The van der Waals surface area contributed by atoms with E-state index in [9.17, 15) is 0 Å². The third-order valence-electron chi connectivity index (χ3n) is 3.32. The molecule has 0 bridgehead atoms. The minimum Gasteiger partial charge on any atom is -0.308 e. The van der Waals surface area contributed by atoms with Crippen LogP contribution in [0.1, 0.15) is 16.1 Å². The molecule has 0 aliphatic rings. The standard InChI is InChI=1S/C16H16BrN3S/c1-11-13(9-19-20-11)8-18-10-15-5-6-16(21-15)12-3-2-4-14(17)7-12/h2-7,9,18H,8,10H2,1H3,(H,19,20). The molecule has 0 fully saturated rings. The first-order valence-corrected chi connectivity index (χ1v) is 8.37. The second-order valence-electron chi connectivity index (χ2n) is 4.90. The van der Waals surface area contributed by atoms with E-state index in [1.165, 1.54) is 20.9 Å². The topological polar surface area (TPSA) is 40.7 Å². The molecule has 2 N–H and O–H groups in total. The lowest BCUT2D eigenvalue weighted by atomic mass is 10.2. The van der Waals surface area contributed by atoms with Crippen LogP contribution < -0.4 is 5.32 Å². The predicted molar refractivity (Wildman–Crippen MR) is 91.3 cm³/mol. The fourth-order valence-electron chi connectivity index (χ4n) is 2.14. The molecule has 0 saturated heterocycles. The highest BCUT2D eigenvalue weighted by Crippen LogP contribution is 2.29. The van der Waals surface area contributed by atoms with Gasteiger partial charge >= 0.3 is 0 Å². The molecular formula is C16H16BrN3S. The van der Waals surface area contributed by atoms with E-state index in [2.05, 4.69) is 61.8 Å². The molecule has 0 saturated carbocycles. The van der Waals surface area contributed by atoms with Gasteiger partial charge in [-0.3, -0.25) is 5.10 Å². The van der Waals surface area contributed by atoms with E-state index in [1.54, 1.807) is 0 Å². The van der Waals surface area contributed by atoms with Crippen LogP contribution in [0.3, 0.4) is 0 Å². The molecule has 0 radical (unpaired) electrons. The van der Waals surface area contributed by atoms with Gasteiger partial charge in [0.25, 0.3) is 0 Å². The predicted octanol–water partition coefficient (Wildman–Crippen LogP) is 4.50. The van der Waals surface area contributed by atoms with Crippen molar-refractivity contribution in [3.8, 4) is 10.4 Å². The van der Waals surface area contributed by atoms with Crippen LogP contribution in [0.2, 0.25) is 0 Å². The van der Waals surface area contributed by atoms with E-state index in [0.29, 0.717) is 0 Å². The molecule has 21 heavy (non-hydrogen) atoms. The number of hydrogen-bond acceptors (Lipinski definition) is 3. The number of aromatic amines is 1. The van der Waals surface area contributed by atoms with E-state index in [0.717, 1.165) is 23.3 Å². The van der Waals surface area contributed by atoms with Gasteiger partial charge in [-0.15, -0.1) is 11.3 Å². The maximum absolute atomic E-state index is 4.03. The van der Waals surface area contributed by atoms with Gasteiger partial charge in [0.1, 0.15) is 0 Å². The maximum Gasteiger partial charge on any atom is 0.0535 e. The molecule has 0 atom stereocenters. The molecule has 0 unspecified atom stereocenters. The summed E-state index contributed by atoms with van der Waals surface area (Å²) in [5, 5.41) is 10.5. The molecule has 0 spiro atoms. The first-order valence-electron chi connectivity index (χ1n) is 6.76. The Morgan fingerprint density at radius 1 is 1.24 bits per heavy atom. The van der Waals surface area contributed by atoms with Crippen molar-refractivity contribution in [1.82, 2.24) is 15.5 Å². The third-order valence-corrected chi connectivity index (χ3v) is 4.95. The van der Waals surface area contributed by atoms with Gasteiger partial charge in [0.05, 0.1) is 6.20 Å². The molecule has 3 rings (SSSR count). The van der Waals surface area contributed by atoms with Gasteiger partial charge in [0, 0.05) is 38.6 Å². The molecule has 0 aliphatic heterocycles. The number of H-pyrrole nitrogens is 1. The van der Waals surface area contributed by atoms with Gasteiger partial charge in [-0.25, -0.2) is 0 Å². The normalized spacial score (nSPS) is 11.0. The summed E-state index contributed by atoms with van der Waals surface area (Å²) < 4.78 is 1.11. The molecule has 0 aliphatic carbocycles. The first kappa shape index (κ1) is 14.5. The summed E-state index contributed by atoms with van der Waals surface area (Å²) in [4.78, 5) is 2.64. The lowest BCUT2D eigenvalue weighted by molar-refractivity contribution is 0.698. The number of nitrogens with zero attached hydrogens (tertiary/aromatic N) is 1. The Balaban J connectivity index is 1.62. The lowest BCUT2D eigenvalue weighted by Gasteiger charge is -2.02. The average Bonchev–Trinajstić information content (AvgIpc) is 3.09. The highest BCUT2D eigenvalue weighted by Gasteiger charge is 2.04. The van der Waals surface area contributed by atoms with Gasteiger partial charge in [-0.2, -0.15) is 5.10 Å². The number of aromatic nitrogens is 2. The van der Waals surface area contributed by atoms with Crippen LogP contribution in [0, 0.1) is 6.92 Å². The van der Waals surface area contributed by atoms with E-state index < -0.39 is 0 Å². The highest BCUT2D eigenvalue weighted by molar-refractivity contribution is 9.10. The van der Waals surface area contributed by atoms with Crippen molar-refractivity contribution < 1.29 is 0 Å². The minimum atomic E-state index is 0.840. The smallest absolute Gasteiger partial charge is 0.0535 e. The molecular weight excluding hydrogens is 346 g/mol. The second-order valence-corrected chi connectivity index (χ2v) is 6.98. The zero-order valence-corrected chi connectivity index (χ0v) is 14.1. The van der Waals surface area contributed by atoms with Gasteiger partial charge < -0.3 is 5.32 Å². The van der Waals surface area contributed by atoms with Crippen molar-refractivity contribution in [2.45, 2.75) is 20.0 Å². The number of halogens is 1. The van der Waals surface area contributed by atoms with Gasteiger partial charge in [0.15, 0.2) is 0 Å². The Morgan fingerprint density at radius 2 is 2.14 bits per heavy atom. The van der Waals surface area contributed by atoms with Crippen LogP contribution in [0.15, 0.2) is 47.1 Å². The quantitative estimate of drug-likeness (QED) is 0.702. The molecule has 3 aromatic rings. The monoisotopic (exact) mass is 361 g/mol. The summed E-state index contributed by atoms with van der Waals surface area (Å²) in [6.45, 7) is 3.76. The van der Waals surface area contributed by atoms with Crippen molar-refractivity contribution in [1.29, 1.82) is 0 Å². The maximum atomic E-state index is 4.03. The molecule has 2 heterocycles. The van der Waals surface area contributed by atoms with Crippen LogP contribution in [0.5, 0.6) is 0 Å². The Hall–Kier alpha value is -1.43. The summed E-state index contributed by atoms with van der Waals surface area (Å²) >= 11 is 5.35. The van der Waals surface area contributed by atoms with Crippen LogP contribution >= 0.6 is 27.3 Å². The minimum absolute atomic E-state index is 0.840. The van der Waals surface area contributed by atoms with Gasteiger partial charge in [0.2, 0.25) is 0 Å². The number of nitrogens with one attached hydrogen (secondary N) is 2. The van der Waals surface area contributed by atoms with E-state index in [1.807, 2.05) is 30.5 Å². The average molecular weight is 362 g/mol. The molecule has 5 heteroatoms. The second kappa shape index (κ2) is 6.56. The first-order chi connectivity index (χ1) is 10.2. The number of thiophene rings is 1. The lowest BCUT2D eigenvalue weighted by Crippen LogP contribution is -2.11. The summed E-state index contributed by atoms with van der Waals surface area (Å²) in [5.41, 5.74) is 3.61.